The topological polar surface area (TPSA) is 75.3 Å². The molecule has 2 N–H and O–H groups in total. The van der Waals surface area contributed by atoms with Gasteiger partial charge in [-0.25, -0.2) is 17.2 Å². The number of nitrogens with one attached hydrogen (secondary N) is 2. The summed E-state index contributed by atoms with van der Waals surface area (Å²) in [5.41, 5.74) is 1.73. The minimum Gasteiger partial charge on any atom is -0.319 e. The molecule has 8 heteroatoms. The van der Waals surface area contributed by atoms with E-state index in [4.69, 9.17) is 0 Å². The molecule has 0 fully saturated rings. The standard InChI is InChI=1S/C21H18F2N2O3S/c1-13-3-4-14(2)20(11-13)29(27,28)25-17-8-5-15(6-9-17)21(26)24-19-10-7-16(22)12-18(19)23/h3-12,25H,1-2H3,(H,24,26). The van der Waals surface area contributed by atoms with Crippen LogP contribution < -0.4 is 10.0 Å². The predicted octanol–water partition coefficient (Wildman–Crippen LogP) is 4.63. The number of benzene rings is 3. The molecule has 0 aliphatic heterocycles. The third-order valence-corrected chi connectivity index (χ3v) is 5.74. The third kappa shape index (κ3) is 4.78. The van der Waals surface area contributed by atoms with Crippen LogP contribution in [0.2, 0.25) is 0 Å². The minimum atomic E-state index is -3.79. The summed E-state index contributed by atoms with van der Waals surface area (Å²) in [6, 6.07) is 13.6. The molecule has 0 aromatic heterocycles. The monoisotopic (exact) mass is 416 g/mol. The van der Waals surface area contributed by atoms with Gasteiger partial charge in [-0.15, -0.1) is 0 Å². The van der Waals surface area contributed by atoms with Gasteiger partial charge >= 0.3 is 0 Å². The lowest BCUT2D eigenvalue weighted by Crippen LogP contribution is -2.15. The maximum Gasteiger partial charge on any atom is 0.262 e. The summed E-state index contributed by atoms with van der Waals surface area (Å²) in [5, 5.41) is 2.34. The van der Waals surface area contributed by atoms with Crippen molar-refractivity contribution in [2.75, 3.05) is 10.0 Å². The van der Waals surface area contributed by atoms with Gasteiger partial charge in [-0.3, -0.25) is 9.52 Å². The van der Waals surface area contributed by atoms with Gasteiger partial charge in [-0.2, -0.15) is 0 Å². The maximum absolute atomic E-state index is 13.7. The molecule has 0 atom stereocenters. The highest BCUT2D eigenvalue weighted by atomic mass is 32.2. The Kier molecular flexibility index (Phi) is 5.65. The molecule has 3 rings (SSSR count). The molecule has 5 nitrogen and oxygen atoms in total. The number of hydrogen-bond donors (Lipinski definition) is 2. The Morgan fingerprint density at radius 1 is 0.897 bits per heavy atom. The fraction of sp³-hybridized carbons (Fsp3) is 0.0952. The van der Waals surface area contributed by atoms with Crippen LogP contribution in [0.4, 0.5) is 20.2 Å². The summed E-state index contributed by atoms with van der Waals surface area (Å²) in [7, 11) is -3.79. The first-order valence-corrected chi connectivity index (χ1v) is 10.1. The first-order chi connectivity index (χ1) is 13.7. The molecule has 3 aromatic carbocycles. The van der Waals surface area contributed by atoms with Crippen molar-refractivity contribution in [3.8, 4) is 0 Å². The van der Waals surface area contributed by atoms with Crippen molar-refractivity contribution in [2.45, 2.75) is 18.7 Å². The van der Waals surface area contributed by atoms with Crippen LogP contribution in [0, 0.1) is 25.5 Å². The molecule has 0 unspecified atom stereocenters. The van der Waals surface area contributed by atoms with Crippen LogP contribution >= 0.6 is 0 Å². The number of sulfonamides is 1. The van der Waals surface area contributed by atoms with Gasteiger partial charge in [-0.1, -0.05) is 12.1 Å². The molecule has 0 radical (unpaired) electrons. The zero-order chi connectivity index (χ0) is 21.2. The minimum absolute atomic E-state index is 0.156. The maximum atomic E-state index is 13.7. The Morgan fingerprint density at radius 2 is 1.59 bits per heavy atom. The number of amides is 1. The van der Waals surface area contributed by atoms with Gasteiger partial charge in [0.25, 0.3) is 15.9 Å². The first-order valence-electron chi connectivity index (χ1n) is 8.62. The van der Waals surface area contributed by atoms with Gasteiger partial charge < -0.3 is 5.32 Å². The van der Waals surface area contributed by atoms with Crippen LogP contribution in [0.5, 0.6) is 0 Å². The number of aryl methyl sites for hydroxylation is 2. The summed E-state index contributed by atoms with van der Waals surface area (Å²) >= 11 is 0. The van der Waals surface area contributed by atoms with Crippen molar-refractivity contribution in [1.29, 1.82) is 0 Å². The van der Waals surface area contributed by atoms with E-state index < -0.39 is 27.6 Å². The molecular weight excluding hydrogens is 398 g/mol. The van der Waals surface area contributed by atoms with Crippen molar-refractivity contribution < 1.29 is 22.0 Å². The normalized spacial score (nSPS) is 11.2. The molecule has 0 spiro atoms. The molecule has 0 heterocycles. The number of hydrogen-bond acceptors (Lipinski definition) is 3. The Hall–Kier alpha value is -3.26. The Morgan fingerprint density at radius 3 is 2.24 bits per heavy atom. The smallest absolute Gasteiger partial charge is 0.262 e. The quantitative estimate of drug-likeness (QED) is 0.637. The third-order valence-electron chi connectivity index (χ3n) is 4.21. The predicted molar refractivity (Wildman–Crippen MR) is 107 cm³/mol. The number of halogens is 2. The largest absolute Gasteiger partial charge is 0.319 e. The highest BCUT2D eigenvalue weighted by molar-refractivity contribution is 7.92. The van der Waals surface area contributed by atoms with Crippen molar-refractivity contribution in [1.82, 2.24) is 0 Å². The number of rotatable bonds is 5. The van der Waals surface area contributed by atoms with Crippen LogP contribution in [0.15, 0.2) is 65.6 Å². The second-order valence-corrected chi connectivity index (χ2v) is 8.18. The summed E-state index contributed by atoms with van der Waals surface area (Å²) in [6.45, 7) is 3.51. The summed E-state index contributed by atoms with van der Waals surface area (Å²) in [6.07, 6.45) is 0. The lowest BCUT2D eigenvalue weighted by Gasteiger charge is -2.12. The zero-order valence-corrected chi connectivity index (χ0v) is 16.5. The average molecular weight is 416 g/mol. The van der Waals surface area contributed by atoms with Crippen LogP contribution in [0.25, 0.3) is 0 Å². The molecule has 150 valence electrons. The van der Waals surface area contributed by atoms with E-state index in [1.165, 1.54) is 24.3 Å². The van der Waals surface area contributed by atoms with Crippen molar-refractivity contribution >= 4 is 27.3 Å². The Bertz CT molecular complexity index is 1180. The number of anilines is 2. The van der Waals surface area contributed by atoms with E-state index in [1.54, 1.807) is 26.0 Å². The second-order valence-electron chi connectivity index (χ2n) is 6.53. The first kappa shape index (κ1) is 20.5. The highest BCUT2D eigenvalue weighted by Gasteiger charge is 2.17. The zero-order valence-electron chi connectivity index (χ0n) is 15.7. The van der Waals surface area contributed by atoms with Crippen LogP contribution in [-0.2, 0) is 10.0 Å². The van der Waals surface area contributed by atoms with E-state index in [0.29, 0.717) is 11.6 Å². The van der Waals surface area contributed by atoms with Gasteiger partial charge in [0.05, 0.1) is 10.6 Å². The molecule has 29 heavy (non-hydrogen) atoms. The van der Waals surface area contributed by atoms with E-state index in [-0.39, 0.29) is 21.8 Å². The molecule has 1 amide bonds. The van der Waals surface area contributed by atoms with Crippen molar-refractivity contribution in [3.05, 3.63) is 89.0 Å². The molecule has 3 aromatic rings. The van der Waals surface area contributed by atoms with Crippen molar-refractivity contribution in [3.63, 3.8) is 0 Å². The van der Waals surface area contributed by atoms with E-state index in [1.807, 2.05) is 6.07 Å². The van der Waals surface area contributed by atoms with Gasteiger partial charge in [0, 0.05) is 17.3 Å². The fourth-order valence-corrected chi connectivity index (χ4v) is 4.07. The van der Waals surface area contributed by atoms with Gasteiger partial charge in [0.15, 0.2) is 0 Å². The Balaban J connectivity index is 1.76. The number of carbonyl (C=O) groups excluding carboxylic acids is 1. The molecule has 0 aliphatic carbocycles. The summed E-state index contributed by atoms with van der Waals surface area (Å²) in [5.74, 6) is -2.25. The molecule has 0 saturated carbocycles. The van der Waals surface area contributed by atoms with Crippen molar-refractivity contribution in [2.24, 2.45) is 0 Å². The molecule has 0 aliphatic rings. The Labute approximate surface area is 167 Å². The average Bonchev–Trinajstić information content (AvgIpc) is 2.66. The van der Waals surface area contributed by atoms with E-state index >= 15 is 0 Å². The number of carbonyl (C=O) groups is 1. The van der Waals surface area contributed by atoms with Gasteiger partial charge in [-0.05, 0) is 67.4 Å². The summed E-state index contributed by atoms with van der Waals surface area (Å²) < 4.78 is 54.4. The molecular formula is C21H18F2N2O3S. The molecule has 0 saturated heterocycles. The highest BCUT2D eigenvalue weighted by Crippen LogP contribution is 2.22. The fourth-order valence-electron chi connectivity index (χ4n) is 2.68. The summed E-state index contributed by atoms with van der Waals surface area (Å²) in [4.78, 5) is 12.4. The van der Waals surface area contributed by atoms with Gasteiger partial charge in [0.1, 0.15) is 11.6 Å². The van der Waals surface area contributed by atoms with Crippen LogP contribution in [-0.4, -0.2) is 14.3 Å². The lowest BCUT2D eigenvalue weighted by atomic mass is 10.2. The molecule has 0 bridgehead atoms. The van der Waals surface area contributed by atoms with Crippen LogP contribution in [0.1, 0.15) is 21.5 Å². The van der Waals surface area contributed by atoms with E-state index in [9.17, 15) is 22.0 Å². The van der Waals surface area contributed by atoms with Crippen LogP contribution in [0.3, 0.4) is 0 Å². The SMILES string of the molecule is Cc1ccc(C)c(S(=O)(=O)Nc2ccc(C(=O)Nc3ccc(F)cc3F)cc2)c1. The van der Waals surface area contributed by atoms with Gasteiger partial charge in [0.2, 0.25) is 0 Å². The van der Waals surface area contributed by atoms with E-state index in [2.05, 4.69) is 10.0 Å². The second kappa shape index (κ2) is 8.00. The lowest BCUT2D eigenvalue weighted by molar-refractivity contribution is 0.102. The van der Waals surface area contributed by atoms with E-state index in [0.717, 1.165) is 17.7 Å².